The number of halogens is 2. The number of aromatic nitrogens is 4. The van der Waals surface area contributed by atoms with Crippen LogP contribution in [0.4, 0.5) is 4.39 Å². The van der Waals surface area contributed by atoms with E-state index in [0.717, 1.165) is 37.0 Å². The number of para-hydroxylation sites is 2. The summed E-state index contributed by atoms with van der Waals surface area (Å²) in [6.45, 7) is 1.90. The molecule has 4 aromatic rings. The molecule has 0 atom stereocenters. The van der Waals surface area contributed by atoms with Crippen LogP contribution in [0, 0.1) is 5.82 Å². The van der Waals surface area contributed by atoms with E-state index in [2.05, 4.69) is 10.2 Å². The Bertz CT molecular complexity index is 1230. The molecule has 9 heteroatoms. The van der Waals surface area contributed by atoms with Gasteiger partial charge in [-0.1, -0.05) is 41.6 Å². The van der Waals surface area contributed by atoms with Gasteiger partial charge in [-0.25, -0.2) is 4.39 Å². The van der Waals surface area contributed by atoms with Crippen molar-refractivity contribution in [1.29, 1.82) is 0 Å². The molecule has 0 saturated carbocycles. The molecule has 30 heavy (non-hydrogen) atoms. The van der Waals surface area contributed by atoms with Crippen molar-refractivity contribution >= 4 is 46.1 Å². The van der Waals surface area contributed by atoms with Crippen LogP contribution in [0.2, 0.25) is 5.02 Å². The highest BCUT2D eigenvalue weighted by molar-refractivity contribution is 7.99. The fraction of sp³-hybridized carbons (Fsp3) is 0.286. The Balaban J connectivity index is 1.53. The van der Waals surface area contributed by atoms with Gasteiger partial charge in [0.05, 0.1) is 23.3 Å². The number of fused-ring (bicyclic) bond motifs is 3. The van der Waals surface area contributed by atoms with Crippen LogP contribution < -0.4 is 0 Å². The third-order valence-electron chi connectivity index (χ3n) is 5.43. The normalized spacial score (nSPS) is 14.3. The number of carbonyl (C=O) groups is 1. The van der Waals surface area contributed by atoms with Crippen molar-refractivity contribution in [2.75, 3.05) is 18.8 Å². The predicted molar refractivity (Wildman–Crippen MR) is 116 cm³/mol. The highest BCUT2D eigenvalue weighted by atomic mass is 35.5. The predicted octanol–water partition coefficient (Wildman–Crippen LogP) is 4.24. The zero-order valence-electron chi connectivity index (χ0n) is 16.1. The van der Waals surface area contributed by atoms with E-state index in [1.165, 1.54) is 17.8 Å². The lowest BCUT2D eigenvalue weighted by atomic mass is 10.2. The molecule has 0 unspecified atom stereocenters. The van der Waals surface area contributed by atoms with Crippen molar-refractivity contribution in [3.8, 4) is 0 Å². The molecule has 0 spiro atoms. The first kappa shape index (κ1) is 19.4. The van der Waals surface area contributed by atoms with Crippen LogP contribution >= 0.6 is 23.4 Å². The van der Waals surface area contributed by atoms with E-state index in [0.29, 0.717) is 27.3 Å². The Hall–Kier alpha value is -2.58. The Morgan fingerprint density at radius 3 is 2.60 bits per heavy atom. The Morgan fingerprint density at radius 1 is 1.07 bits per heavy atom. The van der Waals surface area contributed by atoms with E-state index in [9.17, 15) is 9.18 Å². The molecule has 0 bridgehead atoms. The molecule has 1 saturated heterocycles. The van der Waals surface area contributed by atoms with Gasteiger partial charge in [0.15, 0.2) is 5.16 Å². The molecule has 1 aliphatic rings. The smallest absolute Gasteiger partial charge is 0.237 e. The molecule has 1 amide bonds. The number of benzene rings is 2. The van der Waals surface area contributed by atoms with Crippen molar-refractivity contribution < 1.29 is 9.18 Å². The summed E-state index contributed by atoms with van der Waals surface area (Å²) in [7, 11) is 0. The van der Waals surface area contributed by atoms with E-state index in [1.54, 1.807) is 12.1 Å². The number of imidazole rings is 1. The summed E-state index contributed by atoms with van der Waals surface area (Å²) < 4.78 is 18.2. The van der Waals surface area contributed by atoms with Crippen LogP contribution in [0.25, 0.3) is 16.8 Å². The first-order valence-corrected chi connectivity index (χ1v) is 11.2. The number of likely N-dealkylation sites (tertiary alicyclic amines) is 1. The number of thioether (sulfide) groups is 1. The van der Waals surface area contributed by atoms with Crippen LogP contribution in [0.15, 0.2) is 47.6 Å². The number of rotatable bonds is 5. The third-order valence-corrected chi connectivity index (χ3v) is 6.70. The van der Waals surface area contributed by atoms with Crippen LogP contribution in [0.5, 0.6) is 0 Å². The lowest BCUT2D eigenvalue weighted by molar-refractivity contribution is -0.127. The largest absolute Gasteiger partial charge is 0.342 e. The van der Waals surface area contributed by atoms with Gasteiger partial charge in [-0.3, -0.25) is 9.20 Å². The molecule has 1 fully saturated rings. The molecular formula is C21H19ClFN5OS. The third kappa shape index (κ3) is 3.33. The molecule has 2 aromatic heterocycles. The quantitative estimate of drug-likeness (QED) is 0.433. The maximum atomic E-state index is 14.4. The lowest BCUT2D eigenvalue weighted by Crippen LogP contribution is -2.29. The Labute approximate surface area is 181 Å². The monoisotopic (exact) mass is 443 g/mol. The average Bonchev–Trinajstić information content (AvgIpc) is 3.47. The van der Waals surface area contributed by atoms with Crippen molar-refractivity contribution in [3.05, 3.63) is 58.9 Å². The summed E-state index contributed by atoms with van der Waals surface area (Å²) in [5.41, 5.74) is 2.21. The van der Waals surface area contributed by atoms with Gasteiger partial charge < -0.3 is 9.47 Å². The molecule has 0 radical (unpaired) electrons. The molecule has 6 nitrogen and oxygen atoms in total. The van der Waals surface area contributed by atoms with E-state index >= 15 is 0 Å². The first-order valence-electron chi connectivity index (χ1n) is 9.79. The molecular weight excluding hydrogens is 425 g/mol. The zero-order valence-corrected chi connectivity index (χ0v) is 17.7. The second-order valence-corrected chi connectivity index (χ2v) is 8.62. The SMILES string of the molecule is O=C(CSc1nnc2n(Cc3c(F)cccc3Cl)c3ccccc3n12)N1CCCC1. The fourth-order valence-electron chi connectivity index (χ4n) is 3.91. The minimum absolute atomic E-state index is 0.121. The van der Waals surface area contributed by atoms with Gasteiger partial charge >= 0.3 is 0 Å². The van der Waals surface area contributed by atoms with Gasteiger partial charge in [0.1, 0.15) is 5.82 Å². The van der Waals surface area contributed by atoms with Gasteiger partial charge in [0.25, 0.3) is 0 Å². The molecule has 1 aliphatic heterocycles. The molecule has 0 aliphatic carbocycles. The van der Waals surface area contributed by atoms with Gasteiger partial charge in [-0.2, -0.15) is 0 Å². The van der Waals surface area contributed by atoms with Crippen LogP contribution in [-0.4, -0.2) is 48.8 Å². The lowest BCUT2D eigenvalue weighted by Gasteiger charge is -2.13. The standard InChI is InChI=1S/C21H19ClFN5OS/c22-15-6-5-7-16(23)14(15)12-27-17-8-1-2-9-18(17)28-20(27)24-25-21(28)30-13-19(29)26-10-3-4-11-26/h1-2,5-9H,3-4,10-13H2. The summed E-state index contributed by atoms with van der Waals surface area (Å²) in [6.07, 6.45) is 2.13. The van der Waals surface area contributed by atoms with Crippen molar-refractivity contribution in [3.63, 3.8) is 0 Å². The average molecular weight is 444 g/mol. The van der Waals surface area contributed by atoms with Crippen LogP contribution in [0.3, 0.4) is 0 Å². The highest BCUT2D eigenvalue weighted by Gasteiger charge is 2.22. The van der Waals surface area contributed by atoms with Crippen molar-refractivity contribution in [1.82, 2.24) is 24.1 Å². The number of hydrogen-bond acceptors (Lipinski definition) is 4. The summed E-state index contributed by atoms with van der Waals surface area (Å²) in [5, 5.41) is 9.68. The molecule has 5 rings (SSSR count). The van der Waals surface area contributed by atoms with E-state index in [-0.39, 0.29) is 18.3 Å². The van der Waals surface area contributed by atoms with Gasteiger partial charge in [0, 0.05) is 23.7 Å². The van der Waals surface area contributed by atoms with Gasteiger partial charge in [0.2, 0.25) is 11.7 Å². The van der Waals surface area contributed by atoms with E-state index in [1.807, 2.05) is 38.1 Å². The van der Waals surface area contributed by atoms with E-state index < -0.39 is 0 Å². The maximum Gasteiger partial charge on any atom is 0.237 e. The minimum atomic E-state index is -0.358. The molecule has 3 heterocycles. The maximum absolute atomic E-state index is 14.4. The summed E-state index contributed by atoms with van der Waals surface area (Å²) in [6, 6.07) is 12.5. The first-order chi connectivity index (χ1) is 14.6. The summed E-state index contributed by atoms with van der Waals surface area (Å²) in [5.74, 6) is 0.672. The van der Waals surface area contributed by atoms with Crippen molar-refractivity contribution in [2.24, 2.45) is 0 Å². The van der Waals surface area contributed by atoms with Gasteiger partial charge in [-0.05, 0) is 37.1 Å². The number of carbonyl (C=O) groups excluding carboxylic acids is 1. The second-order valence-electron chi connectivity index (χ2n) is 7.27. The molecule has 2 aromatic carbocycles. The number of amides is 1. The van der Waals surface area contributed by atoms with Crippen molar-refractivity contribution in [2.45, 2.75) is 24.5 Å². The number of nitrogens with zero attached hydrogens (tertiary/aromatic N) is 5. The van der Waals surface area contributed by atoms with E-state index in [4.69, 9.17) is 11.6 Å². The zero-order chi connectivity index (χ0) is 20.7. The molecule has 0 N–H and O–H groups in total. The minimum Gasteiger partial charge on any atom is -0.342 e. The van der Waals surface area contributed by atoms with Crippen LogP contribution in [-0.2, 0) is 11.3 Å². The summed E-state index contributed by atoms with van der Waals surface area (Å²) >= 11 is 7.64. The fourth-order valence-corrected chi connectivity index (χ4v) is 4.98. The Kier molecular flexibility index (Phi) is 5.12. The molecule has 154 valence electrons. The summed E-state index contributed by atoms with van der Waals surface area (Å²) in [4.78, 5) is 14.3. The second kappa shape index (κ2) is 7.92. The number of hydrogen-bond donors (Lipinski definition) is 0. The Morgan fingerprint density at radius 2 is 1.83 bits per heavy atom. The highest BCUT2D eigenvalue weighted by Crippen LogP contribution is 2.29. The van der Waals surface area contributed by atoms with Crippen LogP contribution in [0.1, 0.15) is 18.4 Å². The van der Waals surface area contributed by atoms with Gasteiger partial charge in [-0.15, -0.1) is 10.2 Å². The topological polar surface area (TPSA) is 55.4 Å².